The van der Waals surface area contributed by atoms with Gasteiger partial charge in [0, 0.05) is 12.6 Å². The molecule has 0 unspecified atom stereocenters. The normalized spacial score (nSPS) is 15.4. The van der Waals surface area contributed by atoms with Crippen LogP contribution in [-0.2, 0) is 11.3 Å². The van der Waals surface area contributed by atoms with E-state index >= 15 is 0 Å². The van der Waals surface area contributed by atoms with Crippen LogP contribution in [-0.4, -0.2) is 34.0 Å². The Morgan fingerprint density at radius 3 is 2.64 bits per heavy atom. The molecule has 152 valence electrons. The lowest BCUT2D eigenvalue weighted by Gasteiger charge is -2.15. The second-order valence-corrected chi connectivity index (χ2v) is 8.42. The van der Waals surface area contributed by atoms with Crippen LogP contribution >= 0.6 is 11.3 Å². The molecule has 0 aliphatic heterocycles. The summed E-state index contributed by atoms with van der Waals surface area (Å²) < 4.78 is 1.31. The minimum atomic E-state index is -0.279. The summed E-state index contributed by atoms with van der Waals surface area (Å²) in [7, 11) is 0. The van der Waals surface area contributed by atoms with Crippen LogP contribution < -0.4 is 16.2 Å². The Kier molecular flexibility index (Phi) is 6.83. The highest BCUT2D eigenvalue weighted by Gasteiger charge is 2.22. The van der Waals surface area contributed by atoms with Gasteiger partial charge < -0.3 is 10.6 Å². The first kappa shape index (κ1) is 20.5. The zero-order valence-electron chi connectivity index (χ0n) is 16.5. The first-order valence-electron chi connectivity index (χ1n) is 10.1. The van der Waals surface area contributed by atoms with E-state index in [1.54, 1.807) is 6.92 Å². The van der Waals surface area contributed by atoms with Crippen LogP contribution in [0.15, 0.2) is 11.1 Å². The molecule has 2 heterocycles. The second-order valence-electron chi connectivity index (χ2n) is 7.43. The maximum Gasteiger partial charge on any atom is 0.262 e. The van der Waals surface area contributed by atoms with Crippen molar-refractivity contribution in [3.63, 3.8) is 0 Å². The third-order valence-corrected chi connectivity index (χ3v) is 6.40. The molecule has 2 aromatic rings. The number of carbonyl (C=O) groups is 2. The summed E-state index contributed by atoms with van der Waals surface area (Å²) in [5.74, 6) is -0.344. The van der Waals surface area contributed by atoms with Crippen LogP contribution in [0.4, 0.5) is 0 Å². The maximum absolute atomic E-state index is 12.8. The molecule has 0 bridgehead atoms. The van der Waals surface area contributed by atoms with E-state index in [9.17, 15) is 14.4 Å². The lowest BCUT2D eigenvalue weighted by molar-refractivity contribution is -0.121. The van der Waals surface area contributed by atoms with Gasteiger partial charge in [-0.15, -0.1) is 11.3 Å². The van der Waals surface area contributed by atoms with Crippen molar-refractivity contribution >= 4 is 33.4 Å². The number of aromatic nitrogens is 2. The summed E-state index contributed by atoms with van der Waals surface area (Å²) in [6, 6.07) is 0.200. The smallest absolute Gasteiger partial charge is 0.262 e. The molecule has 1 aliphatic carbocycles. The van der Waals surface area contributed by atoms with E-state index in [1.807, 2.05) is 6.92 Å². The minimum Gasteiger partial charge on any atom is -0.355 e. The van der Waals surface area contributed by atoms with Gasteiger partial charge in [0.1, 0.15) is 11.4 Å². The summed E-state index contributed by atoms with van der Waals surface area (Å²) in [6.07, 6.45) is 8.97. The van der Waals surface area contributed by atoms with E-state index in [0.717, 1.165) is 32.1 Å². The molecule has 3 rings (SSSR count). The molecule has 0 radical (unpaired) electrons. The average molecular weight is 405 g/mol. The van der Waals surface area contributed by atoms with Gasteiger partial charge in [-0.2, -0.15) is 0 Å². The monoisotopic (exact) mass is 404 g/mol. The van der Waals surface area contributed by atoms with Crippen molar-refractivity contribution in [2.45, 2.75) is 71.4 Å². The van der Waals surface area contributed by atoms with Crippen molar-refractivity contribution in [2.24, 2.45) is 0 Å². The Hall–Kier alpha value is -2.22. The highest BCUT2D eigenvalue weighted by Crippen LogP contribution is 2.27. The van der Waals surface area contributed by atoms with Crippen LogP contribution in [0.1, 0.15) is 67.1 Å². The SMILES string of the molecule is CCCNC(=O)Cn1cnc2sc(C(=O)NC3CCCCCC3)c(C)c2c1=O. The van der Waals surface area contributed by atoms with Crippen molar-refractivity contribution in [2.75, 3.05) is 6.54 Å². The largest absolute Gasteiger partial charge is 0.355 e. The lowest BCUT2D eigenvalue weighted by atomic mass is 10.1. The molecule has 2 N–H and O–H groups in total. The average Bonchev–Trinajstić information content (AvgIpc) is 2.83. The van der Waals surface area contributed by atoms with Gasteiger partial charge in [0.25, 0.3) is 11.5 Å². The molecule has 0 saturated heterocycles. The van der Waals surface area contributed by atoms with Crippen LogP contribution in [0, 0.1) is 6.92 Å². The zero-order valence-corrected chi connectivity index (χ0v) is 17.4. The highest BCUT2D eigenvalue weighted by molar-refractivity contribution is 7.20. The summed E-state index contributed by atoms with van der Waals surface area (Å²) >= 11 is 1.24. The van der Waals surface area contributed by atoms with Crippen LogP contribution in [0.3, 0.4) is 0 Å². The number of thiophene rings is 1. The van der Waals surface area contributed by atoms with Gasteiger partial charge in [0.05, 0.1) is 16.6 Å². The Balaban J connectivity index is 1.82. The van der Waals surface area contributed by atoms with Gasteiger partial charge in [-0.25, -0.2) is 4.98 Å². The number of rotatable bonds is 6. The summed E-state index contributed by atoms with van der Waals surface area (Å²) in [5, 5.41) is 6.33. The van der Waals surface area contributed by atoms with Gasteiger partial charge >= 0.3 is 0 Å². The minimum absolute atomic E-state index is 0.0688. The number of hydrogen-bond acceptors (Lipinski definition) is 5. The van der Waals surface area contributed by atoms with E-state index in [2.05, 4.69) is 15.6 Å². The molecule has 1 saturated carbocycles. The molecule has 1 fully saturated rings. The molecule has 2 amide bonds. The molecular weight excluding hydrogens is 376 g/mol. The third-order valence-electron chi connectivity index (χ3n) is 5.20. The Morgan fingerprint density at radius 1 is 1.25 bits per heavy atom. The number of amides is 2. The predicted molar refractivity (Wildman–Crippen MR) is 111 cm³/mol. The maximum atomic E-state index is 12.8. The fourth-order valence-corrected chi connectivity index (χ4v) is 4.68. The molecule has 28 heavy (non-hydrogen) atoms. The third kappa shape index (κ3) is 4.60. The van der Waals surface area contributed by atoms with Crippen molar-refractivity contribution < 1.29 is 9.59 Å². The number of fused-ring (bicyclic) bond motifs is 1. The number of nitrogens with zero attached hydrogens (tertiary/aromatic N) is 2. The van der Waals surface area contributed by atoms with E-state index in [-0.39, 0.29) is 30.0 Å². The van der Waals surface area contributed by atoms with E-state index in [0.29, 0.717) is 27.2 Å². The Labute approximate surface area is 168 Å². The summed E-state index contributed by atoms with van der Waals surface area (Å²) in [6.45, 7) is 4.26. The van der Waals surface area contributed by atoms with Gasteiger partial charge in [0.2, 0.25) is 5.91 Å². The number of nitrogens with one attached hydrogen (secondary N) is 2. The van der Waals surface area contributed by atoms with E-state index in [4.69, 9.17) is 0 Å². The highest BCUT2D eigenvalue weighted by atomic mass is 32.1. The Morgan fingerprint density at radius 2 is 1.96 bits per heavy atom. The van der Waals surface area contributed by atoms with Crippen molar-refractivity contribution in [1.29, 1.82) is 0 Å². The fraction of sp³-hybridized carbons (Fsp3) is 0.600. The van der Waals surface area contributed by atoms with Crippen LogP contribution in [0.25, 0.3) is 10.2 Å². The Bertz CT molecular complexity index is 910. The lowest BCUT2D eigenvalue weighted by Crippen LogP contribution is -2.34. The first-order chi connectivity index (χ1) is 13.5. The molecule has 0 spiro atoms. The fourth-order valence-electron chi connectivity index (χ4n) is 3.64. The molecule has 0 aromatic carbocycles. The second kappa shape index (κ2) is 9.32. The molecule has 1 aliphatic rings. The number of aryl methyl sites for hydroxylation is 1. The molecular formula is C20H28N4O3S. The molecule has 8 heteroatoms. The van der Waals surface area contributed by atoms with E-state index < -0.39 is 0 Å². The molecule has 2 aromatic heterocycles. The van der Waals surface area contributed by atoms with Crippen LogP contribution in [0.5, 0.6) is 0 Å². The summed E-state index contributed by atoms with van der Waals surface area (Å²) in [4.78, 5) is 43.0. The topological polar surface area (TPSA) is 93.1 Å². The van der Waals surface area contributed by atoms with Gasteiger partial charge in [-0.05, 0) is 31.7 Å². The van der Waals surface area contributed by atoms with Crippen LogP contribution in [0.2, 0.25) is 0 Å². The van der Waals surface area contributed by atoms with Gasteiger partial charge in [0.15, 0.2) is 0 Å². The number of carbonyl (C=O) groups excluding carboxylic acids is 2. The molecule has 7 nitrogen and oxygen atoms in total. The zero-order chi connectivity index (χ0) is 20.1. The standard InChI is InChI=1S/C20H28N4O3S/c1-3-10-21-15(25)11-24-12-22-19-16(20(24)27)13(2)17(28-19)18(26)23-14-8-6-4-5-7-9-14/h12,14H,3-11H2,1-2H3,(H,21,25)(H,23,26). The molecule has 0 atom stereocenters. The van der Waals surface area contributed by atoms with Crippen molar-refractivity contribution in [3.8, 4) is 0 Å². The predicted octanol–water partition coefficient (Wildman–Crippen LogP) is 2.75. The number of hydrogen-bond donors (Lipinski definition) is 2. The van der Waals surface area contributed by atoms with E-state index in [1.165, 1.54) is 35.1 Å². The summed E-state index contributed by atoms with van der Waals surface area (Å²) in [5.41, 5.74) is 0.367. The van der Waals surface area contributed by atoms with Crippen molar-refractivity contribution in [3.05, 3.63) is 27.1 Å². The van der Waals surface area contributed by atoms with Crippen molar-refractivity contribution in [1.82, 2.24) is 20.2 Å². The van der Waals surface area contributed by atoms with Gasteiger partial charge in [-0.3, -0.25) is 19.0 Å². The van der Waals surface area contributed by atoms with Gasteiger partial charge in [-0.1, -0.05) is 32.6 Å². The quantitative estimate of drug-likeness (QED) is 0.724. The first-order valence-corrected chi connectivity index (χ1v) is 10.9.